The number of fused-ring (bicyclic) bond motifs is 1. The molecule has 5 nitrogen and oxygen atoms in total. The Morgan fingerprint density at radius 2 is 2.05 bits per heavy atom. The van der Waals surface area contributed by atoms with Gasteiger partial charge >= 0.3 is 5.97 Å². The summed E-state index contributed by atoms with van der Waals surface area (Å²) in [5.74, 6) is 1.53. The van der Waals surface area contributed by atoms with E-state index in [0.717, 1.165) is 35.3 Å². The predicted molar refractivity (Wildman–Crippen MR) is 82.8 cm³/mol. The van der Waals surface area contributed by atoms with Crippen molar-refractivity contribution in [1.29, 1.82) is 0 Å². The highest BCUT2D eigenvalue weighted by molar-refractivity contribution is 5.96. The van der Waals surface area contributed by atoms with Crippen LogP contribution >= 0.6 is 0 Å². The number of aromatic nitrogens is 1. The van der Waals surface area contributed by atoms with Crippen LogP contribution in [-0.4, -0.2) is 38.8 Å². The molecule has 0 amide bonds. The molecule has 0 radical (unpaired) electrons. The maximum atomic E-state index is 11.2. The fourth-order valence-corrected chi connectivity index (χ4v) is 2.31. The summed E-state index contributed by atoms with van der Waals surface area (Å²) in [5.41, 5.74) is 0. The number of nitrogens with zero attached hydrogens (tertiary/aromatic N) is 2. The molecule has 1 heterocycles. The summed E-state index contributed by atoms with van der Waals surface area (Å²) in [6, 6.07) is 7.86. The quantitative estimate of drug-likeness (QED) is 0.765. The van der Waals surface area contributed by atoms with Gasteiger partial charge in [0.15, 0.2) is 0 Å². The van der Waals surface area contributed by atoms with Crippen LogP contribution in [0.25, 0.3) is 10.8 Å². The number of benzene rings is 1. The highest BCUT2D eigenvalue weighted by Crippen LogP contribution is 2.30. The van der Waals surface area contributed by atoms with Crippen LogP contribution in [0.1, 0.15) is 12.8 Å². The van der Waals surface area contributed by atoms with Crippen LogP contribution in [0.2, 0.25) is 0 Å². The number of carbonyl (C=O) groups excluding carboxylic acids is 1. The van der Waals surface area contributed by atoms with Gasteiger partial charge in [-0.05, 0) is 18.6 Å². The van der Waals surface area contributed by atoms with E-state index in [9.17, 15) is 4.79 Å². The standard InChI is InChI=1S/C16H20N2O3/c1-18(11-5-8-15(19)21-3)16-13-6-4-7-14(20-2)12(13)9-10-17-16/h4,6-7,9-10H,5,8,11H2,1-3H3. The lowest BCUT2D eigenvalue weighted by molar-refractivity contribution is -0.140. The van der Waals surface area contributed by atoms with Gasteiger partial charge < -0.3 is 14.4 Å². The van der Waals surface area contributed by atoms with E-state index in [-0.39, 0.29) is 5.97 Å². The largest absolute Gasteiger partial charge is 0.496 e. The molecule has 21 heavy (non-hydrogen) atoms. The molecule has 0 bridgehead atoms. The summed E-state index contributed by atoms with van der Waals surface area (Å²) in [7, 11) is 5.04. The Morgan fingerprint density at radius 1 is 1.24 bits per heavy atom. The Balaban J connectivity index is 2.19. The lowest BCUT2D eigenvalue weighted by Gasteiger charge is -2.20. The van der Waals surface area contributed by atoms with Crippen LogP contribution in [0.4, 0.5) is 5.82 Å². The minimum Gasteiger partial charge on any atom is -0.496 e. The maximum absolute atomic E-state index is 11.2. The van der Waals surface area contributed by atoms with Crippen molar-refractivity contribution in [3.63, 3.8) is 0 Å². The Hall–Kier alpha value is -2.30. The SMILES string of the molecule is COC(=O)CCCN(C)c1nccc2c(OC)cccc12. The monoisotopic (exact) mass is 288 g/mol. The first-order valence-electron chi connectivity index (χ1n) is 6.87. The molecule has 1 aromatic carbocycles. The smallest absolute Gasteiger partial charge is 0.305 e. The number of esters is 1. The molecule has 0 spiro atoms. The van der Waals surface area contributed by atoms with E-state index in [2.05, 4.69) is 9.72 Å². The van der Waals surface area contributed by atoms with Crippen LogP contribution in [0, 0.1) is 0 Å². The molecular formula is C16H20N2O3. The van der Waals surface area contributed by atoms with E-state index < -0.39 is 0 Å². The topological polar surface area (TPSA) is 51.7 Å². The highest BCUT2D eigenvalue weighted by Gasteiger charge is 2.10. The van der Waals surface area contributed by atoms with E-state index in [1.807, 2.05) is 36.2 Å². The molecule has 0 fully saturated rings. The average molecular weight is 288 g/mol. The molecule has 0 aliphatic carbocycles. The molecule has 0 saturated carbocycles. The molecule has 5 heteroatoms. The molecule has 0 saturated heterocycles. The minimum atomic E-state index is -0.184. The number of rotatable bonds is 6. The van der Waals surface area contributed by atoms with Crippen molar-refractivity contribution in [3.8, 4) is 5.75 Å². The van der Waals surface area contributed by atoms with Gasteiger partial charge in [0.05, 0.1) is 14.2 Å². The predicted octanol–water partition coefficient (Wildman–Crippen LogP) is 2.63. The van der Waals surface area contributed by atoms with Crippen molar-refractivity contribution in [1.82, 2.24) is 4.98 Å². The summed E-state index contributed by atoms with van der Waals surface area (Å²) in [5, 5.41) is 2.07. The third kappa shape index (κ3) is 3.42. The van der Waals surface area contributed by atoms with Crippen LogP contribution < -0.4 is 9.64 Å². The molecule has 2 rings (SSSR count). The normalized spacial score (nSPS) is 10.4. The third-order valence-electron chi connectivity index (χ3n) is 3.43. The zero-order chi connectivity index (χ0) is 15.2. The zero-order valence-electron chi connectivity index (χ0n) is 12.6. The number of ether oxygens (including phenoxy) is 2. The van der Waals surface area contributed by atoms with E-state index in [1.165, 1.54) is 7.11 Å². The van der Waals surface area contributed by atoms with Crippen molar-refractivity contribution < 1.29 is 14.3 Å². The summed E-state index contributed by atoms with van der Waals surface area (Å²) < 4.78 is 10.0. The molecule has 112 valence electrons. The maximum Gasteiger partial charge on any atom is 0.305 e. The van der Waals surface area contributed by atoms with Crippen molar-refractivity contribution >= 4 is 22.6 Å². The molecule has 0 atom stereocenters. The Bertz CT molecular complexity index is 628. The second kappa shape index (κ2) is 6.92. The van der Waals surface area contributed by atoms with Gasteiger partial charge in [-0.15, -0.1) is 0 Å². The van der Waals surface area contributed by atoms with Crippen molar-refractivity contribution in [2.24, 2.45) is 0 Å². The number of hydrogen-bond donors (Lipinski definition) is 0. The van der Waals surface area contributed by atoms with Crippen LogP contribution in [0.15, 0.2) is 30.5 Å². The molecule has 0 aliphatic rings. The van der Waals surface area contributed by atoms with Crippen molar-refractivity contribution in [3.05, 3.63) is 30.5 Å². The summed E-state index contributed by atoms with van der Waals surface area (Å²) >= 11 is 0. The highest BCUT2D eigenvalue weighted by atomic mass is 16.5. The van der Waals surface area contributed by atoms with Crippen molar-refractivity contribution in [2.75, 3.05) is 32.7 Å². The third-order valence-corrected chi connectivity index (χ3v) is 3.43. The van der Waals surface area contributed by atoms with Gasteiger partial charge in [0.1, 0.15) is 11.6 Å². The fourth-order valence-electron chi connectivity index (χ4n) is 2.31. The molecule has 0 unspecified atom stereocenters. The number of pyridine rings is 1. The summed E-state index contributed by atoms with van der Waals surface area (Å²) in [6.45, 7) is 0.735. The van der Waals surface area contributed by atoms with Gasteiger partial charge in [-0.2, -0.15) is 0 Å². The number of carbonyl (C=O) groups is 1. The van der Waals surface area contributed by atoms with E-state index in [4.69, 9.17) is 4.74 Å². The number of anilines is 1. The molecule has 0 aliphatic heterocycles. The fraction of sp³-hybridized carbons (Fsp3) is 0.375. The first kappa shape index (κ1) is 15.1. The summed E-state index contributed by atoms with van der Waals surface area (Å²) in [4.78, 5) is 17.7. The lowest BCUT2D eigenvalue weighted by atomic mass is 10.1. The Labute approximate surface area is 124 Å². The molecule has 0 N–H and O–H groups in total. The number of hydrogen-bond acceptors (Lipinski definition) is 5. The van der Waals surface area contributed by atoms with Gasteiger partial charge in [0, 0.05) is 37.0 Å². The molecule has 2 aromatic rings. The average Bonchev–Trinajstić information content (AvgIpc) is 2.53. The van der Waals surface area contributed by atoms with Crippen LogP contribution in [0.5, 0.6) is 5.75 Å². The van der Waals surface area contributed by atoms with Gasteiger partial charge in [-0.25, -0.2) is 4.98 Å². The zero-order valence-corrected chi connectivity index (χ0v) is 12.6. The van der Waals surface area contributed by atoms with E-state index in [0.29, 0.717) is 6.42 Å². The lowest BCUT2D eigenvalue weighted by Crippen LogP contribution is -2.20. The van der Waals surface area contributed by atoms with E-state index in [1.54, 1.807) is 13.3 Å². The molecule has 1 aromatic heterocycles. The van der Waals surface area contributed by atoms with Crippen LogP contribution in [-0.2, 0) is 9.53 Å². The first-order chi connectivity index (χ1) is 10.2. The Morgan fingerprint density at radius 3 is 2.76 bits per heavy atom. The minimum absolute atomic E-state index is 0.184. The second-order valence-corrected chi connectivity index (χ2v) is 4.79. The van der Waals surface area contributed by atoms with Gasteiger partial charge in [0.2, 0.25) is 0 Å². The second-order valence-electron chi connectivity index (χ2n) is 4.79. The van der Waals surface area contributed by atoms with E-state index >= 15 is 0 Å². The van der Waals surface area contributed by atoms with Crippen molar-refractivity contribution in [2.45, 2.75) is 12.8 Å². The number of methoxy groups -OCH3 is 2. The van der Waals surface area contributed by atoms with Gasteiger partial charge in [0.25, 0.3) is 0 Å². The van der Waals surface area contributed by atoms with Gasteiger partial charge in [-0.3, -0.25) is 4.79 Å². The summed E-state index contributed by atoms with van der Waals surface area (Å²) in [6.07, 6.45) is 2.91. The Kier molecular flexibility index (Phi) is 4.98. The first-order valence-corrected chi connectivity index (χ1v) is 6.87. The molecular weight excluding hydrogens is 268 g/mol. The van der Waals surface area contributed by atoms with Crippen LogP contribution in [0.3, 0.4) is 0 Å². The van der Waals surface area contributed by atoms with Gasteiger partial charge in [-0.1, -0.05) is 12.1 Å².